The summed E-state index contributed by atoms with van der Waals surface area (Å²) in [6.45, 7) is 3.70. The van der Waals surface area contributed by atoms with Crippen molar-refractivity contribution in [3.8, 4) is 6.07 Å². The van der Waals surface area contributed by atoms with Crippen molar-refractivity contribution in [1.82, 2.24) is 4.98 Å². The van der Waals surface area contributed by atoms with Crippen molar-refractivity contribution >= 4 is 12.1 Å². The van der Waals surface area contributed by atoms with Crippen molar-refractivity contribution in [2.75, 3.05) is 5.43 Å². The fourth-order valence-electron chi connectivity index (χ4n) is 1.40. The Balaban J connectivity index is 2.07. The Morgan fingerprint density at radius 2 is 2.06 bits per heavy atom. The second-order valence-corrected chi connectivity index (χ2v) is 3.80. The zero-order valence-electron chi connectivity index (χ0n) is 10.1. The number of nitrogens with one attached hydrogen (secondary N) is 1. The van der Waals surface area contributed by atoms with Crippen molar-refractivity contribution in [3.63, 3.8) is 0 Å². The molecule has 90 valence electrons. The van der Waals surface area contributed by atoms with Gasteiger partial charge in [-0.15, -0.1) is 0 Å². The summed E-state index contributed by atoms with van der Waals surface area (Å²) >= 11 is 0. The highest BCUT2D eigenvalue weighted by atomic mass is 16.4. The molecule has 5 nitrogen and oxygen atoms in total. The molecule has 0 bridgehead atoms. The topological polar surface area (TPSA) is 74.2 Å². The van der Waals surface area contributed by atoms with Crippen molar-refractivity contribution < 1.29 is 4.42 Å². The maximum absolute atomic E-state index is 8.81. The third-order valence-electron chi connectivity index (χ3n) is 2.30. The molecule has 0 amide bonds. The van der Waals surface area contributed by atoms with Crippen LogP contribution in [0.2, 0.25) is 0 Å². The first kappa shape index (κ1) is 11.9. The number of nitriles is 1. The van der Waals surface area contributed by atoms with E-state index in [-0.39, 0.29) is 11.6 Å². The van der Waals surface area contributed by atoms with Crippen LogP contribution in [0.4, 0.5) is 5.88 Å². The first-order valence-electron chi connectivity index (χ1n) is 5.42. The molecule has 1 heterocycles. The minimum atomic E-state index is 0.202. The lowest BCUT2D eigenvalue weighted by molar-refractivity contribution is 0.533. The van der Waals surface area contributed by atoms with Crippen LogP contribution in [0, 0.1) is 25.2 Å². The Kier molecular flexibility index (Phi) is 3.39. The molecule has 2 rings (SSSR count). The van der Waals surface area contributed by atoms with Gasteiger partial charge in [0.15, 0.2) is 5.89 Å². The molecule has 0 aliphatic carbocycles. The van der Waals surface area contributed by atoms with Gasteiger partial charge in [-0.1, -0.05) is 29.8 Å². The third kappa shape index (κ3) is 2.74. The Morgan fingerprint density at radius 1 is 1.33 bits per heavy atom. The molecule has 0 aliphatic heterocycles. The predicted molar refractivity (Wildman–Crippen MR) is 68.4 cm³/mol. The molecule has 0 saturated heterocycles. The van der Waals surface area contributed by atoms with E-state index < -0.39 is 0 Å². The molecule has 0 atom stereocenters. The minimum absolute atomic E-state index is 0.202. The van der Waals surface area contributed by atoms with Crippen molar-refractivity contribution in [3.05, 3.63) is 47.0 Å². The smallest absolute Gasteiger partial charge is 0.252 e. The van der Waals surface area contributed by atoms with E-state index in [4.69, 9.17) is 9.68 Å². The molecule has 0 aliphatic rings. The first-order valence-corrected chi connectivity index (χ1v) is 5.42. The Morgan fingerprint density at radius 3 is 2.72 bits per heavy atom. The van der Waals surface area contributed by atoms with E-state index in [2.05, 4.69) is 15.5 Å². The number of rotatable bonds is 3. The molecule has 2 aromatic rings. The lowest BCUT2D eigenvalue weighted by Gasteiger charge is -1.95. The molecule has 0 radical (unpaired) electrons. The number of aryl methyl sites for hydroxylation is 2. The van der Waals surface area contributed by atoms with Crippen molar-refractivity contribution in [1.29, 1.82) is 5.26 Å². The number of hydrogen-bond acceptors (Lipinski definition) is 5. The zero-order valence-corrected chi connectivity index (χ0v) is 10.1. The second-order valence-electron chi connectivity index (χ2n) is 3.80. The quantitative estimate of drug-likeness (QED) is 0.661. The van der Waals surface area contributed by atoms with Crippen LogP contribution >= 0.6 is 0 Å². The maximum Gasteiger partial charge on any atom is 0.252 e. The van der Waals surface area contributed by atoms with Gasteiger partial charge in [-0.2, -0.15) is 10.4 Å². The van der Waals surface area contributed by atoms with Crippen molar-refractivity contribution in [2.45, 2.75) is 13.8 Å². The number of hydrazone groups is 1. The number of nitrogens with zero attached hydrogens (tertiary/aromatic N) is 3. The average molecular weight is 240 g/mol. The molecule has 0 unspecified atom stereocenters. The highest BCUT2D eigenvalue weighted by Crippen LogP contribution is 2.15. The summed E-state index contributed by atoms with van der Waals surface area (Å²) in [5.74, 6) is 0.693. The van der Waals surface area contributed by atoms with Crippen LogP contribution in [0.15, 0.2) is 33.8 Å². The van der Waals surface area contributed by atoms with Gasteiger partial charge < -0.3 is 4.42 Å². The lowest BCUT2D eigenvalue weighted by atomic mass is 10.2. The molecule has 5 heteroatoms. The Labute approximate surface area is 105 Å². The highest BCUT2D eigenvalue weighted by Gasteiger charge is 2.08. The summed E-state index contributed by atoms with van der Waals surface area (Å²) in [5, 5.41) is 12.8. The van der Waals surface area contributed by atoms with Crippen LogP contribution in [0.1, 0.15) is 22.7 Å². The van der Waals surface area contributed by atoms with Crippen molar-refractivity contribution in [2.24, 2.45) is 5.10 Å². The van der Waals surface area contributed by atoms with Gasteiger partial charge in [0.25, 0.3) is 5.88 Å². The van der Waals surface area contributed by atoms with Crippen LogP contribution in [0.25, 0.3) is 0 Å². The van der Waals surface area contributed by atoms with Gasteiger partial charge >= 0.3 is 0 Å². The molecule has 0 saturated carbocycles. The van der Waals surface area contributed by atoms with E-state index >= 15 is 0 Å². The molecule has 1 aromatic carbocycles. The van der Waals surface area contributed by atoms with Gasteiger partial charge in [0.1, 0.15) is 6.07 Å². The van der Waals surface area contributed by atoms with Gasteiger partial charge in [0, 0.05) is 6.92 Å². The predicted octanol–water partition coefficient (Wildman–Crippen LogP) is 2.61. The SMILES string of the molecule is Cc1ccc(/C=N/Nc2oc(C)nc2C#N)cc1. The fraction of sp³-hybridized carbons (Fsp3) is 0.154. The lowest BCUT2D eigenvalue weighted by Crippen LogP contribution is -1.91. The van der Waals surface area contributed by atoms with E-state index in [9.17, 15) is 0 Å². The van der Waals surface area contributed by atoms with Crippen LogP contribution < -0.4 is 5.43 Å². The number of benzene rings is 1. The average Bonchev–Trinajstić information content (AvgIpc) is 2.72. The normalized spacial score (nSPS) is 10.5. The summed E-state index contributed by atoms with van der Waals surface area (Å²) in [7, 11) is 0. The maximum atomic E-state index is 8.81. The largest absolute Gasteiger partial charge is 0.422 e. The zero-order chi connectivity index (χ0) is 13.0. The Bertz CT molecular complexity index is 605. The van der Waals surface area contributed by atoms with E-state index in [1.807, 2.05) is 37.3 Å². The number of anilines is 1. The first-order chi connectivity index (χ1) is 8.69. The molecule has 0 fully saturated rings. The Hall–Kier alpha value is -2.61. The van der Waals surface area contributed by atoms with Gasteiger partial charge in [-0.05, 0) is 12.5 Å². The summed E-state index contributed by atoms with van der Waals surface area (Å²) in [4.78, 5) is 3.90. The summed E-state index contributed by atoms with van der Waals surface area (Å²) in [5.41, 5.74) is 5.02. The molecule has 0 spiro atoms. The number of oxazole rings is 1. The third-order valence-corrected chi connectivity index (χ3v) is 2.30. The van der Waals surface area contributed by atoms with Crippen LogP contribution in [-0.4, -0.2) is 11.2 Å². The van der Waals surface area contributed by atoms with E-state index in [0.29, 0.717) is 5.89 Å². The minimum Gasteiger partial charge on any atom is -0.422 e. The molecule has 18 heavy (non-hydrogen) atoms. The molecule has 1 aromatic heterocycles. The van der Waals surface area contributed by atoms with E-state index in [0.717, 1.165) is 5.56 Å². The molecular weight excluding hydrogens is 228 g/mol. The van der Waals surface area contributed by atoms with Gasteiger partial charge in [0.05, 0.1) is 6.21 Å². The van der Waals surface area contributed by atoms with E-state index in [1.165, 1.54) is 5.56 Å². The highest BCUT2D eigenvalue weighted by molar-refractivity contribution is 5.80. The summed E-state index contributed by atoms with van der Waals surface area (Å²) in [6, 6.07) is 9.84. The number of hydrogen-bond donors (Lipinski definition) is 1. The second kappa shape index (κ2) is 5.15. The van der Waals surface area contributed by atoms with Crippen LogP contribution in [0.3, 0.4) is 0 Å². The number of aromatic nitrogens is 1. The van der Waals surface area contributed by atoms with E-state index in [1.54, 1.807) is 13.1 Å². The summed E-state index contributed by atoms with van der Waals surface area (Å²) in [6.07, 6.45) is 1.65. The van der Waals surface area contributed by atoms with Crippen LogP contribution in [0.5, 0.6) is 0 Å². The fourth-order valence-corrected chi connectivity index (χ4v) is 1.40. The van der Waals surface area contributed by atoms with Gasteiger partial charge in [-0.25, -0.2) is 10.4 Å². The standard InChI is InChI=1S/C13H12N4O/c1-9-3-5-11(6-4-9)8-15-17-13-12(7-14)16-10(2)18-13/h3-6,8,17H,1-2H3/b15-8+. The molecular formula is C13H12N4O. The molecule has 1 N–H and O–H groups in total. The van der Waals surface area contributed by atoms with Gasteiger partial charge in [0.2, 0.25) is 5.69 Å². The van der Waals surface area contributed by atoms with Crippen LogP contribution in [-0.2, 0) is 0 Å². The van der Waals surface area contributed by atoms with Gasteiger partial charge in [-0.3, -0.25) is 0 Å². The summed E-state index contributed by atoms with van der Waals surface area (Å²) < 4.78 is 5.20. The monoisotopic (exact) mass is 240 g/mol.